The van der Waals surface area contributed by atoms with Crippen LogP contribution in [-0.4, -0.2) is 51.6 Å². The lowest BCUT2D eigenvalue weighted by Crippen LogP contribution is -2.51. The number of imidazole rings is 1. The van der Waals surface area contributed by atoms with Crippen LogP contribution in [0.25, 0.3) is 10.8 Å². The number of carbonyl (C=O) groups is 1. The van der Waals surface area contributed by atoms with E-state index >= 15 is 0 Å². The summed E-state index contributed by atoms with van der Waals surface area (Å²) in [6.45, 7) is 3.12. The molecule has 0 bridgehead atoms. The highest BCUT2D eigenvalue weighted by Gasteiger charge is 2.26. The Morgan fingerprint density at radius 2 is 1.88 bits per heavy atom. The maximum absolute atomic E-state index is 13.5. The number of halogens is 1. The second-order valence-electron chi connectivity index (χ2n) is 8.39. The number of amides is 1. The number of nitrogens with zero attached hydrogens (tertiary/aromatic N) is 4. The number of hydrogen-bond acceptors (Lipinski definition) is 4. The Balaban J connectivity index is 1.23. The third kappa shape index (κ3) is 4.59. The van der Waals surface area contributed by atoms with Gasteiger partial charge in [0.15, 0.2) is 0 Å². The quantitative estimate of drug-likeness (QED) is 0.491. The molecule has 6 nitrogen and oxygen atoms in total. The van der Waals surface area contributed by atoms with Crippen LogP contribution >= 0.6 is 0 Å². The van der Waals surface area contributed by atoms with Crippen molar-refractivity contribution in [2.75, 3.05) is 31.1 Å². The van der Waals surface area contributed by atoms with E-state index in [0.717, 1.165) is 40.8 Å². The smallest absolute Gasteiger partial charge is 0.241 e. The van der Waals surface area contributed by atoms with Crippen LogP contribution in [-0.2, 0) is 17.8 Å². The van der Waals surface area contributed by atoms with Crippen LogP contribution in [0.1, 0.15) is 11.3 Å². The monoisotopic (exact) mass is 444 g/mol. The third-order valence-electron chi connectivity index (χ3n) is 6.16. The molecule has 1 aromatic heterocycles. The van der Waals surface area contributed by atoms with E-state index < -0.39 is 0 Å². The van der Waals surface area contributed by atoms with Gasteiger partial charge in [0.1, 0.15) is 11.6 Å². The zero-order valence-corrected chi connectivity index (χ0v) is 18.2. The summed E-state index contributed by atoms with van der Waals surface area (Å²) in [4.78, 5) is 21.2. The van der Waals surface area contributed by atoms with Gasteiger partial charge in [-0.2, -0.15) is 0 Å². The minimum Gasteiger partial charge on any atom is -0.508 e. The number of hydrogen-bond donors (Lipinski definition) is 1. The highest BCUT2D eigenvalue weighted by atomic mass is 19.1. The van der Waals surface area contributed by atoms with E-state index in [9.17, 15) is 14.3 Å². The number of carbonyl (C=O) groups excluding carboxylic acids is 1. The van der Waals surface area contributed by atoms with Crippen molar-refractivity contribution in [1.29, 1.82) is 0 Å². The molecule has 1 N–H and O–H groups in total. The molecule has 0 unspecified atom stereocenters. The van der Waals surface area contributed by atoms with Crippen LogP contribution in [0.3, 0.4) is 0 Å². The Morgan fingerprint density at radius 1 is 1.00 bits per heavy atom. The molecule has 168 valence electrons. The van der Waals surface area contributed by atoms with Crippen molar-refractivity contribution in [3.05, 3.63) is 90.3 Å². The van der Waals surface area contributed by atoms with Crippen molar-refractivity contribution in [2.45, 2.75) is 13.0 Å². The highest BCUT2D eigenvalue weighted by Crippen LogP contribution is 2.30. The zero-order chi connectivity index (χ0) is 22.8. The predicted molar refractivity (Wildman–Crippen MR) is 126 cm³/mol. The number of fused-ring (bicyclic) bond motifs is 1. The molecule has 1 saturated heterocycles. The fraction of sp³-hybridized carbons (Fsp3) is 0.231. The first-order valence-electron chi connectivity index (χ1n) is 11.0. The number of phenolic OH excluding ortho intramolecular Hbond substituents is 1. The normalized spacial score (nSPS) is 14.8. The topological polar surface area (TPSA) is 61.6 Å². The summed E-state index contributed by atoms with van der Waals surface area (Å²) in [5.41, 5.74) is 2.75. The van der Waals surface area contributed by atoms with Gasteiger partial charge >= 0.3 is 0 Å². The Kier molecular flexibility index (Phi) is 5.79. The predicted octanol–water partition coefficient (Wildman–Crippen LogP) is 3.82. The summed E-state index contributed by atoms with van der Waals surface area (Å²) in [6.07, 6.45) is 4.21. The van der Waals surface area contributed by atoms with Gasteiger partial charge in [-0.25, -0.2) is 9.37 Å². The molecule has 3 aromatic carbocycles. The summed E-state index contributed by atoms with van der Waals surface area (Å²) < 4.78 is 15.6. The minimum absolute atomic E-state index is 0.0442. The van der Waals surface area contributed by atoms with Crippen molar-refractivity contribution in [3.63, 3.8) is 0 Å². The van der Waals surface area contributed by atoms with E-state index in [2.05, 4.69) is 14.5 Å². The Hall–Kier alpha value is -3.71. The van der Waals surface area contributed by atoms with Crippen molar-refractivity contribution >= 4 is 22.4 Å². The summed E-state index contributed by atoms with van der Waals surface area (Å²) in [6, 6.07) is 17.7. The van der Waals surface area contributed by atoms with Crippen molar-refractivity contribution in [2.24, 2.45) is 0 Å². The molecule has 2 heterocycles. The number of benzene rings is 3. The van der Waals surface area contributed by atoms with Gasteiger partial charge in [0.25, 0.3) is 0 Å². The second-order valence-corrected chi connectivity index (χ2v) is 8.39. The van der Waals surface area contributed by atoms with E-state index in [1.54, 1.807) is 30.6 Å². The minimum atomic E-state index is -0.239. The largest absolute Gasteiger partial charge is 0.508 e. The number of piperazine rings is 1. The maximum Gasteiger partial charge on any atom is 0.241 e. The molecule has 1 aliphatic heterocycles. The van der Waals surface area contributed by atoms with Crippen molar-refractivity contribution in [1.82, 2.24) is 14.5 Å². The van der Waals surface area contributed by atoms with Crippen LogP contribution in [0.4, 0.5) is 10.1 Å². The van der Waals surface area contributed by atoms with E-state index in [4.69, 9.17) is 0 Å². The second kappa shape index (κ2) is 9.03. The molecule has 0 aliphatic carbocycles. The summed E-state index contributed by atoms with van der Waals surface area (Å²) >= 11 is 0. The standard InChI is InChI=1S/C26H25FN4O2/c27-21-5-1-3-19(13-21)14-22-16-28-18-30(22)11-9-29-10-12-31(26(33)17-29)25-6-2-4-20-7-8-23(32)15-24(20)25/h1-8,13,15-16,18,32H,9-12,14,17H2. The SMILES string of the molecule is O=C1CN(CCn2cncc2Cc2cccc(F)c2)CCN1c1cccc2ccc(O)cc12. The average Bonchev–Trinajstić information content (AvgIpc) is 3.24. The van der Waals surface area contributed by atoms with Gasteiger partial charge in [-0.05, 0) is 41.3 Å². The zero-order valence-electron chi connectivity index (χ0n) is 18.2. The Bertz CT molecular complexity index is 1300. The van der Waals surface area contributed by atoms with Gasteiger partial charge in [0.05, 0.1) is 18.6 Å². The lowest BCUT2D eigenvalue weighted by atomic mass is 10.1. The van der Waals surface area contributed by atoms with Crippen molar-refractivity contribution < 1.29 is 14.3 Å². The van der Waals surface area contributed by atoms with Gasteiger partial charge in [-0.3, -0.25) is 9.69 Å². The fourth-order valence-electron chi connectivity index (χ4n) is 4.45. The first kappa shape index (κ1) is 21.2. The molecule has 1 aliphatic rings. The Morgan fingerprint density at radius 3 is 2.73 bits per heavy atom. The third-order valence-corrected chi connectivity index (χ3v) is 6.16. The number of aromatic hydroxyl groups is 1. The first-order valence-corrected chi connectivity index (χ1v) is 11.0. The van der Waals surface area contributed by atoms with E-state index in [-0.39, 0.29) is 17.5 Å². The van der Waals surface area contributed by atoms with Crippen LogP contribution in [0.2, 0.25) is 0 Å². The van der Waals surface area contributed by atoms with E-state index in [1.165, 1.54) is 6.07 Å². The molecule has 0 spiro atoms. The number of anilines is 1. The van der Waals surface area contributed by atoms with Gasteiger partial charge in [0.2, 0.25) is 5.91 Å². The number of aromatic nitrogens is 2. The van der Waals surface area contributed by atoms with E-state index in [0.29, 0.717) is 26.1 Å². The molecular formula is C26H25FN4O2. The first-order chi connectivity index (χ1) is 16.1. The fourth-order valence-corrected chi connectivity index (χ4v) is 4.45. The molecular weight excluding hydrogens is 419 g/mol. The highest BCUT2D eigenvalue weighted by molar-refractivity contribution is 6.05. The molecule has 5 rings (SSSR count). The molecule has 1 amide bonds. The van der Waals surface area contributed by atoms with Crippen LogP contribution < -0.4 is 4.90 Å². The van der Waals surface area contributed by atoms with E-state index in [1.807, 2.05) is 41.4 Å². The van der Waals surface area contributed by atoms with Crippen LogP contribution in [0, 0.1) is 5.82 Å². The molecule has 33 heavy (non-hydrogen) atoms. The van der Waals surface area contributed by atoms with Crippen molar-refractivity contribution in [3.8, 4) is 5.75 Å². The molecule has 0 radical (unpaired) electrons. The van der Waals surface area contributed by atoms with Gasteiger partial charge in [-0.15, -0.1) is 0 Å². The lowest BCUT2D eigenvalue weighted by molar-refractivity contribution is -0.121. The molecule has 1 fully saturated rings. The number of phenols is 1. The average molecular weight is 445 g/mol. The van der Waals surface area contributed by atoms with Crippen LogP contribution in [0.15, 0.2) is 73.2 Å². The maximum atomic E-state index is 13.5. The van der Waals surface area contributed by atoms with Gasteiger partial charge in [0, 0.05) is 49.9 Å². The van der Waals surface area contributed by atoms with Gasteiger partial charge in [-0.1, -0.05) is 30.3 Å². The Labute approximate surface area is 191 Å². The van der Waals surface area contributed by atoms with Crippen LogP contribution in [0.5, 0.6) is 5.75 Å². The molecule has 7 heteroatoms. The molecule has 0 atom stereocenters. The molecule has 4 aromatic rings. The molecule has 0 saturated carbocycles. The summed E-state index contributed by atoms with van der Waals surface area (Å²) in [7, 11) is 0. The lowest BCUT2D eigenvalue weighted by Gasteiger charge is -2.35. The summed E-state index contributed by atoms with van der Waals surface area (Å²) in [5.74, 6) is -0.00511. The number of rotatable bonds is 6. The summed E-state index contributed by atoms with van der Waals surface area (Å²) in [5, 5.41) is 11.8. The van der Waals surface area contributed by atoms with Gasteiger partial charge < -0.3 is 14.6 Å².